The smallest absolute Gasteiger partial charge is 0.419 e. The lowest BCUT2D eigenvalue weighted by Crippen LogP contribution is -2.24. The van der Waals surface area contributed by atoms with Crippen molar-refractivity contribution in [1.82, 2.24) is 5.32 Å². The standard InChI is InChI=1S/C22H23F4NO5/c1-13(2)32-19(10-20(28)29)16-5-3-4-14(8-16)11-27-21(30)31-12-15-6-7-17(18(23)9-15)22(24,25)26/h3-9,13,19H,10-12H2,1-2H3,(H,27,30)(H,28,29)/t19-/m0/s1. The minimum absolute atomic E-state index is 0.0511. The van der Waals surface area contributed by atoms with E-state index in [9.17, 15) is 27.2 Å². The molecule has 2 aromatic carbocycles. The van der Waals surface area contributed by atoms with Crippen LogP contribution >= 0.6 is 0 Å². The van der Waals surface area contributed by atoms with Crippen LogP contribution in [0.25, 0.3) is 0 Å². The first-order chi connectivity index (χ1) is 15.0. The van der Waals surface area contributed by atoms with Gasteiger partial charge in [0.2, 0.25) is 0 Å². The first-order valence-corrected chi connectivity index (χ1v) is 9.68. The van der Waals surface area contributed by atoms with E-state index < -0.39 is 42.3 Å². The molecule has 32 heavy (non-hydrogen) atoms. The minimum Gasteiger partial charge on any atom is -0.481 e. The van der Waals surface area contributed by atoms with Gasteiger partial charge >= 0.3 is 18.2 Å². The molecule has 1 atom stereocenters. The van der Waals surface area contributed by atoms with Gasteiger partial charge in [0, 0.05) is 6.54 Å². The second-order valence-corrected chi connectivity index (χ2v) is 7.26. The second kappa shape index (κ2) is 10.9. The lowest BCUT2D eigenvalue weighted by Gasteiger charge is -2.20. The molecule has 0 saturated carbocycles. The molecule has 2 aromatic rings. The lowest BCUT2D eigenvalue weighted by molar-refractivity contribution is -0.141. The van der Waals surface area contributed by atoms with Gasteiger partial charge in [-0.25, -0.2) is 9.18 Å². The molecule has 0 bridgehead atoms. The third-order valence-corrected chi connectivity index (χ3v) is 4.26. The van der Waals surface area contributed by atoms with Crippen molar-refractivity contribution in [3.8, 4) is 0 Å². The fourth-order valence-corrected chi connectivity index (χ4v) is 2.89. The summed E-state index contributed by atoms with van der Waals surface area (Å²) in [5.41, 5.74) is -0.0417. The molecule has 0 heterocycles. The Bertz CT molecular complexity index is 946. The largest absolute Gasteiger partial charge is 0.481 e. The van der Waals surface area contributed by atoms with Crippen molar-refractivity contribution in [2.75, 3.05) is 0 Å². The quantitative estimate of drug-likeness (QED) is 0.505. The van der Waals surface area contributed by atoms with Crippen molar-refractivity contribution in [2.24, 2.45) is 0 Å². The molecule has 0 radical (unpaired) electrons. The molecule has 0 aromatic heterocycles. The Kier molecular flexibility index (Phi) is 8.59. The highest BCUT2D eigenvalue weighted by atomic mass is 19.4. The van der Waals surface area contributed by atoms with Crippen LogP contribution in [-0.2, 0) is 33.6 Å². The normalized spacial score (nSPS) is 12.5. The molecule has 0 spiro atoms. The highest BCUT2D eigenvalue weighted by Gasteiger charge is 2.33. The molecule has 0 unspecified atom stereocenters. The maximum atomic E-state index is 13.6. The Morgan fingerprint density at radius 3 is 2.41 bits per heavy atom. The zero-order chi connectivity index (χ0) is 23.9. The van der Waals surface area contributed by atoms with E-state index in [2.05, 4.69) is 5.32 Å². The number of aliphatic carboxylic acids is 1. The molecular formula is C22H23F4NO5. The van der Waals surface area contributed by atoms with Gasteiger partial charge < -0.3 is 19.9 Å². The Hall–Kier alpha value is -3.14. The lowest BCUT2D eigenvalue weighted by atomic mass is 10.0. The average molecular weight is 457 g/mol. The number of carboxylic acids is 1. The summed E-state index contributed by atoms with van der Waals surface area (Å²) in [6.45, 7) is 3.22. The predicted molar refractivity (Wildman–Crippen MR) is 106 cm³/mol. The summed E-state index contributed by atoms with van der Waals surface area (Å²) in [6, 6.07) is 9.10. The number of carboxylic acid groups (broad SMARTS) is 1. The fraction of sp³-hybridized carbons (Fsp3) is 0.364. The van der Waals surface area contributed by atoms with Crippen LogP contribution in [-0.4, -0.2) is 23.3 Å². The van der Waals surface area contributed by atoms with Crippen molar-refractivity contribution in [2.45, 2.75) is 51.8 Å². The molecule has 0 aliphatic heterocycles. The molecule has 0 fully saturated rings. The first-order valence-electron chi connectivity index (χ1n) is 9.68. The van der Waals surface area contributed by atoms with Crippen molar-refractivity contribution in [3.63, 3.8) is 0 Å². The highest BCUT2D eigenvalue weighted by Crippen LogP contribution is 2.31. The predicted octanol–water partition coefficient (Wildman–Crippen LogP) is 5.21. The Balaban J connectivity index is 1.93. The van der Waals surface area contributed by atoms with Gasteiger partial charge in [0.25, 0.3) is 0 Å². The van der Waals surface area contributed by atoms with Crippen molar-refractivity contribution in [3.05, 3.63) is 70.5 Å². The number of rotatable bonds is 9. The van der Waals surface area contributed by atoms with Crippen molar-refractivity contribution in [1.29, 1.82) is 0 Å². The van der Waals surface area contributed by atoms with Gasteiger partial charge in [0.15, 0.2) is 0 Å². The Labute approximate surface area is 182 Å². The first kappa shape index (κ1) is 25.1. The molecule has 174 valence electrons. The molecule has 2 rings (SSSR count). The third kappa shape index (κ3) is 7.84. The summed E-state index contributed by atoms with van der Waals surface area (Å²) in [7, 11) is 0. The maximum absolute atomic E-state index is 13.6. The Morgan fingerprint density at radius 2 is 1.81 bits per heavy atom. The van der Waals surface area contributed by atoms with E-state index >= 15 is 0 Å². The van der Waals surface area contributed by atoms with E-state index in [-0.39, 0.29) is 24.6 Å². The molecule has 0 aliphatic carbocycles. The number of hydrogen-bond acceptors (Lipinski definition) is 4. The van der Waals surface area contributed by atoms with Gasteiger partial charge in [-0.3, -0.25) is 4.79 Å². The summed E-state index contributed by atoms with van der Waals surface area (Å²) in [5.74, 6) is -2.46. The van der Waals surface area contributed by atoms with Crippen LogP contribution in [0.4, 0.5) is 22.4 Å². The van der Waals surface area contributed by atoms with Crippen LogP contribution < -0.4 is 5.32 Å². The van der Waals surface area contributed by atoms with Crippen molar-refractivity contribution < 1.29 is 41.7 Å². The van der Waals surface area contributed by atoms with Gasteiger partial charge in [-0.05, 0) is 42.7 Å². The number of carbonyl (C=O) groups is 2. The number of nitrogens with one attached hydrogen (secondary N) is 1. The molecule has 1 amide bonds. The molecular weight excluding hydrogens is 434 g/mol. The number of ether oxygens (including phenoxy) is 2. The molecule has 2 N–H and O–H groups in total. The monoisotopic (exact) mass is 457 g/mol. The van der Waals surface area contributed by atoms with Gasteiger partial charge in [-0.1, -0.05) is 30.3 Å². The fourth-order valence-electron chi connectivity index (χ4n) is 2.89. The molecule has 10 heteroatoms. The summed E-state index contributed by atoms with van der Waals surface area (Å²) >= 11 is 0. The van der Waals surface area contributed by atoms with E-state index in [0.717, 1.165) is 6.07 Å². The van der Waals surface area contributed by atoms with Crippen LogP contribution in [0.5, 0.6) is 0 Å². The van der Waals surface area contributed by atoms with Crippen LogP contribution in [0.15, 0.2) is 42.5 Å². The number of alkyl carbamates (subject to hydrolysis) is 1. The third-order valence-electron chi connectivity index (χ3n) is 4.26. The van der Waals surface area contributed by atoms with Crippen molar-refractivity contribution >= 4 is 12.1 Å². The van der Waals surface area contributed by atoms with Gasteiger partial charge in [0.1, 0.15) is 12.4 Å². The van der Waals surface area contributed by atoms with E-state index in [4.69, 9.17) is 14.6 Å². The number of hydrogen-bond donors (Lipinski definition) is 2. The summed E-state index contributed by atoms with van der Waals surface area (Å²) < 4.78 is 61.9. The van der Waals surface area contributed by atoms with Gasteiger partial charge in [-0.15, -0.1) is 0 Å². The molecule has 0 saturated heterocycles. The van der Waals surface area contributed by atoms with E-state index in [1.807, 2.05) is 0 Å². The topological polar surface area (TPSA) is 84.9 Å². The number of amides is 1. The molecule has 0 aliphatic rings. The zero-order valence-electron chi connectivity index (χ0n) is 17.4. The number of halogens is 4. The SMILES string of the molecule is CC(C)O[C@@H](CC(=O)O)c1cccc(CNC(=O)OCc2ccc(C(F)(F)F)c(F)c2)c1. The van der Waals surface area contributed by atoms with Crippen LogP contribution in [0.3, 0.4) is 0 Å². The van der Waals surface area contributed by atoms with E-state index in [1.165, 1.54) is 0 Å². The van der Waals surface area contributed by atoms with Crippen LogP contribution in [0.2, 0.25) is 0 Å². The number of benzene rings is 2. The maximum Gasteiger partial charge on any atom is 0.419 e. The van der Waals surface area contributed by atoms with E-state index in [0.29, 0.717) is 23.3 Å². The van der Waals surface area contributed by atoms with Gasteiger partial charge in [0.05, 0.1) is 24.2 Å². The second-order valence-electron chi connectivity index (χ2n) is 7.26. The van der Waals surface area contributed by atoms with Crippen LogP contribution in [0, 0.1) is 5.82 Å². The highest BCUT2D eigenvalue weighted by molar-refractivity contribution is 5.68. The number of alkyl halides is 3. The zero-order valence-corrected chi connectivity index (χ0v) is 17.4. The average Bonchev–Trinajstić information content (AvgIpc) is 2.69. The summed E-state index contributed by atoms with van der Waals surface area (Å²) in [6.07, 6.45) is -6.73. The Morgan fingerprint density at radius 1 is 1.09 bits per heavy atom. The van der Waals surface area contributed by atoms with Crippen LogP contribution in [0.1, 0.15) is 48.6 Å². The van der Waals surface area contributed by atoms with E-state index in [1.54, 1.807) is 38.1 Å². The van der Waals surface area contributed by atoms with Gasteiger partial charge in [-0.2, -0.15) is 13.2 Å². The molecule has 6 nitrogen and oxygen atoms in total. The minimum atomic E-state index is -4.81. The summed E-state index contributed by atoms with van der Waals surface area (Å²) in [5, 5.41) is 11.6. The summed E-state index contributed by atoms with van der Waals surface area (Å²) in [4.78, 5) is 23.0. The number of carbonyl (C=O) groups excluding carboxylic acids is 1.